The second kappa shape index (κ2) is 8.21. The standard InChI is InChI=1S/C19H14Cl3IN2O/c20-19(21,22)18(25-17(26)13-7-3-8-14(23)11-13)24-16-10-4-6-12-5-1-2-9-15(12)16/h1-11,18,24H,(H,25,26). The van der Waals surface area contributed by atoms with Gasteiger partial charge in [-0.3, -0.25) is 4.79 Å². The van der Waals surface area contributed by atoms with Gasteiger partial charge in [-0.25, -0.2) is 0 Å². The number of alkyl halides is 3. The fraction of sp³-hybridized carbons (Fsp3) is 0.105. The van der Waals surface area contributed by atoms with Gasteiger partial charge in [0.25, 0.3) is 5.91 Å². The lowest BCUT2D eigenvalue weighted by Crippen LogP contribution is -2.49. The summed E-state index contributed by atoms with van der Waals surface area (Å²) >= 11 is 20.5. The van der Waals surface area contributed by atoms with Crippen LogP contribution in [0.15, 0.2) is 66.7 Å². The third-order valence-corrected chi connectivity index (χ3v) is 5.10. The highest BCUT2D eigenvalue weighted by Gasteiger charge is 2.34. The second-order valence-corrected chi connectivity index (χ2v) is 9.24. The Kier molecular flexibility index (Phi) is 6.17. The highest BCUT2D eigenvalue weighted by molar-refractivity contribution is 14.1. The average Bonchev–Trinajstić information content (AvgIpc) is 2.60. The quantitative estimate of drug-likeness (QED) is 0.253. The first-order chi connectivity index (χ1) is 12.3. The zero-order chi connectivity index (χ0) is 18.7. The summed E-state index contributed by atoms with van der Waals surface area (Å²) in [7, 11) is 0. The third-order valence-electron chi connectivity index (χ3n) is 3.78. The molecule has 0 radical (unpaired) electrons. The van der Waals surface area contributed by atoms with Gasteiger partial charge in [-0.15, -0.1) is 0 Å². The number of carbonyl (C=O) groups excluding carboxylic acids is 1. The summed E-state index contributed by atoms with van der Waals surface area (Å²) in [6.45, 7) is 0. The molecular formula is C19H14Cl3IN2O. The first kappa shape index (κ1) is 19.5. The van der Waals surface area contributed by atoms with Crippen LogP contribution >= 0.6 is 57.4 Å². The Bertz CT molecular complexity index is 938. The van der Waals surface area contributed by atoms with E-state index >= 15 is 0 Å². The summed E-state index contributed by atoms with van der Waals surface area (Å²) in [5.74, 6) is -0.326. The van der Waals surface area contributed by atoms with Crippen LogP contribution in [-0.4, -0.2) is 15.9 Å². The van der Waals surface area contributed by atoms with Gasteiger partial charge < -0.3 is 10.6 Å². The molecule has 7 heteroatoms. The summed E-state index contributed by atoms with van der Waals surface area (Å²) in [4.78, 5) is 12.6. The first-order valence-corrected chi connectivity index (χ1v) is 9.93. The summed E-state index contributed by atoms with van der Waals surface area (Å²) in [6, 6.07) is 20.8. The molecule has 0 spiro atoms. The van der Waals surface area contributed by atoms with E-state index < -0.39 is 9.96 Å². The molecule has 0 aliphatic carbocycles. The summed E-state index contributed by atoms with van der Waals surface area (Å²) in [5, 5.41) is 7.93. The Morgan fingerprint density at radius 1 is 0.962 bits per heavy atom. The lowest BCUT2D eigenvalue weighted by atomic mass is 10.1. The number of halogens is 4. The van der Waals surface area contributed by atoms with E-state index in [0.29, 0.717) is 5.56 Å². The second-order valence-electron chi connectivity index (χ2n) is 5.63. The highest BCUT2D eigenvalue weighted by Crippen LogP contribution is 2.33. The van der Waals surface area contributed by atoms with E-state index in [1.165, 1.54) is 0 Å². The fourth-order valence-electron chi connectivity index (χ4n) is 2.55. The van der Waals surface area contributed by atoms with Crippen molar-refractivity contribution in [1.82, 2.24) is 5.32 Å². The Balaban J connectivity index is 1.88. The third kappa shape index (κ3) is 4.74. The van der Waals surface area contributed by atoms with Crippen LogP contribution in [0.2, 0.25) is 0 Å². The molecule has 3 aromatic carbocycles. The molecule has 3 rings (SSSR count). The van der Waals surface area contributed by atoms with Crippen molar-refractivity contribution in [2.24, 2.45) is 0 Å². The van der Waals surface area contributed by atoms with Crippen molar-refractivity contribution in [2.75, 3.05) is 5.32 Å². The number of benzene rings is 3. The van der Waals surface area contributed by atoms with Crippen LogP contribution in [0.5, 0.6) is 0 Å². The van der Waals surface area contributed by atoms with Gasteiger partial charge in [0.15, 0.2) is 0 Å². The lowest BCUT2D eigenvalue weighted by molar-refractivity contribution is 0.0942. The molecule has 0 aliphatic rings. The van der Waals surface area contributed by atoms with Crippen molar-refractivity contribution in [3.8, 4) is 0 Å². The van der Waals surface area contributed by atoms with Crippen molar-refractivity contribution < 1.29 is 4.79 Å². The number of anilines is 1. The summed E-state index contributed by atoms with van der Waals surface area (Å²) in [6.07, 6.45) is -0.913. The number of hydrogen-bond acceptors (Lipinski definition) is 2. The van der Waals surface area contributed by atoms with E-state index in [1.54, 1.807) is 18.2 Å². The highest BCUT2D eigenvalue weighted by atomic mass is 127. The molecule has 0 fully saturated rings. The minimum atomic E-state index is -1.74. The van der Waals surface area contributed by atoms with Gasteiger partial charge in [-0.05, 0) is 52.2 Å². The SMILES string of the molecule is O=C(NC(Nc1cccc2ccccc12)C(Cl)(Cl)Cl)c1cccc(I)c1. The molecule has 134 valence electrons. The molecule has 0 saturated heterocycles. The first-order valence-electron chi connectivity index (χ1n) is 7.72. The molecule has 1 unspecified atom stereocenters. The van der Waals surface area contributed by atoms with Crippen LogP contribution in [0.1, 0.15) is 10.4 Å². The van der Waals surface area contributed by atoms with Gasteiger partial charge in [0.05, 0.1) is 0 Å². The molecule has 0 aliphatic heterocycles. The molecule has 0 saturated carbocycles. The topological polar surface area (TPSA) is 41.1 Å². The fourth-order valence-corrected chi connectivity index (χ4v) is 3.42. The van der Waals surface area contributed by atoms with Crippen molar-refractivity contribution in [2.45, 2.75) is 9.96 Å². The van der Waals surface area contributed by atoms with Crippen LogP contribution in [0.25, 0.3) is 10.8 Å². The minimum absolute atomic E-state index is 0.326. The number of fused-ring (bicyclic) bond motifs is 1. The minimum Gasteiger partial charge on any atom is -0.361 e. The van der Waals surface area contributed by atoms with Crippen molar-refractivity contribution in [1.29, 1.82) is 0 Å². The van der Waals surface area contributed by atoms with Gasteiger partial charge in [0, 0.05) is 20.2 Å². The van der Waals surface area contributed by atoms with Crippen LogP contribution in [0.3, 0.4) is 0 Å². The van der Waals surface area contributed by atoms with Crippen molar-refractivity contribution in [3.63, 3.8) is 0 Å². The zero-order valence-electron chi connectivity index (χ0n) is 13.3. The van der Waals surface area contributed by atoms with Gasteiger partial charge in [-0.2, -0.15) is 0 Å². The molecule has 0 heterocycles. The van der Waals surface area contributed by atoms with E-state index in [2.05, 4.69) is 33.2 Å². The normalized spacial score (nSPS) is 12.6. The van der Waals surface area contributed by atoms with Crippen LogP contribution in [-0.2, 0) is 0 Å². The van der Waals surface area contributed by atoms with Gasteiger partial charge in [0.2, 0.25) is 3.79 Å². The Hall–Kier alpha value is -1.21. The monoisotopic (exact) mass is 518 g/mol. The van der Waals surface area contributed by atoms with Gasteiger partial charge in [-0.1, -0.05) is 77.3 Å². The average molecular weight is 520 g/mol. The molecule has 3 aromatic rings. The Morgan fingerprint density at radius 3 is 2.38 bits per heavy atom. The zero-order valence-corrected chi connectivity index (χ0v) is 17.8. The Labute approximate surface area is 180 Å². The molecule has 0 aromatic heterocycles. The number of nitrogens with one attached hydrogen (secondary N) is 2. The van der Waals surface area contributed by atoms with E-state index in [9.17, 15) is 4.79 Å². The lowest BCUT2D eigenvalue weighted by Gasteiger charge is -2.28. The number of amides is 1. The molecule has 0 bridgehead atoms. The largest absolute Gasteiger partial charge is 0.361 e. The van der Waals surface area contributed by atoms with Crippen LogP contribution in [0.4, 0.5) is 5.69 Å². The van der Waals surface area contributed by atoms with E-state index in [4.69, 9.17) is 34.8 Å². The molecule has 1 amide bonds. The maximum Gasteiger partial charge on any atom is 0.253 e. The predicted molar refractivity (Wildman–Crippen MR) is 118 cm³/mol. The van der Waals surface area contributed by atoms with E-state index in [-0.39, 0.29) is 5.91 Å². The number of rotatable bonds is 4. The van der Waals surface area contributed by atoms with Crippen molar-refractivity contribution in [3.05, 3.63) is 75.9 Å². The molecule has 3 nitrogen and oxygen atoms in total. The van der Waals surface area contributed by atoms with Crippen molar-refractivity contribution >= 4 is 79.8 Å². The van der Waals surface area contributed by atoms with Gasteiger partial charge >= 0.3 is 0 Å². The van der Waals surface area contributed by atoms with Gasteiger partial charge in [0.1, 0.15) is 6.17 Å². The number of carbonyl (C=O) groups is 1. The smallest absolute Gasteiger partial charge is 0.253 e. The van der Waals surface area contributed by atoms with E-state index in [0.717, 1.165) is 20.0 Å². The van der Waals surface area contributed by atoms with Crippen LogP contribution in [0, 0.1) is 3.57 Å². The van der Waals surface area contributed by atoms with E-state index in [1.807, 2.05) is 48.5 Å². The number of hydrogen-bond donors (Lipinski definition) is 2. The molecule has 1 atom stereocenters. The predicted octanol–water partition coefficient (Wildman–Crippen LogP) is 5.98. The maximum atomic E-state index is 12.6. The van der Waals surface area contributed by atoms with Crippen LogP contribution < -0.4 is 10.6 Å². The molecule has 2 N–H and O–H groups in total. The Morgan fingerprint density at radius 2 is 1.65 bits per heavy atom. The summed E-state index contributed by atoms with van der Waals surface area (Å²) in [5.41, 5.74) is 1.26. The maximum absolute atomic E-state index is 12.6. The molecular weight excluding hydrogens is 505 g/mol. The summed E-state index contributed by atoms with van der Waals surface area (Å²) < 4.78 is -0.795. The molecule has 26 heavy (non-hydrogen) atoms.